The fourth-order valence-corrected chi connectivity index (χ4v) is 5.88. The van der Waals surface area contributed by atoms with Gasteiger partial charge in [-0.3, -0.25) is 4.79 Å². The third kappa shape index (κ3) is 4.33. The summed E-state index contributed by atoms with van der Waals surface area (Å²) in [4.78, 5) is 37.1. The fourth-order valence-electron chi connectivity index (χ4n) is 4.44. The van der Waals surface area contributed by atoms with Crippen molar-refractivity contribution in [3.63, 3.8) is 0 Å². The number of rotatable bonds is 6. The maximum absolute atomic E-state index is 13.4. The van der Waals surface area contributed by atoms with Gasteiger partial charge in [-0.05, 0) is 39.0 Å². The summed E-state index contributed by atoms with van der Waals surface area (Å²) in [5, 5.41) is 32.7. The number of nitrogens with one attached hydrogen (secondary N) is 1. The molecule has 0 aliphatic heterocycles. The molecule has 11 heteroatoms. The highest BCUT2D eigenvalue weighted by Gasteiger charge is 2.79. The number of halogens is 2. The molecule has 0 aromatic heterocycles. The van der Waals surface area contributed by atoms with E-state index in [1.165, 1.54) is 12.1 Å². The summed E-state index contributed by atoms with van der Waals surface area (Å²) in [6.07, 6.45) is -2.29. The number of benzene rings is 1. The first-order chi connectivity index (χ1) is 14.3. The van der Waals surface area contributed by atoms with E-state index in [1.54, 1.807) is 20.8 Å². The van der Waals surface area contributed by atoms with Crippen LogP contribution in [-0.4, -0.2) is 56.3 Å². The molecule has 31 heavy (non-hydrogen) atoms. The summed E-state index contributed by atoms with van der Waals surface area (Å²) in [6.45, 7) is 4.82. The van der Waals surface area contributed by atoms with Crippen LogP contribution < -0.4 is 5.32 Å². The molecule has 2 aliphatic rings. The highest BCUT2D eigenvalue weighted by atomic mass is 35.5. The number of carbonyl (C=O) groups is 3. The molecule has 1 aromatic rings. The van der Waals surface area contributed by atoms with E-state index in [2.05, 4.69) is 5.32 Å². The molecule has 1 aromatic carbocycles. The Hall–Kier alpha value is -2.04. The fraction of sp³-hybridized carbons (Fsp3) is 0.550. The number of hydrogen-bond acceptors (Lipinski definition) is 6. The summed E-state index contributed by atoms with van der Waals surface area (Å²) in [5.74, 6) is -7.19. The lowest BCUT2D eigenvalue weighted by atomic mass is 9.80. The Morgan fingerprint density at radius 1 is 1.29 bits per heavy atom. The number of aliphatic carboxylic acids is 2. The Labute approximate surface area is 187 Å². The highest BCUT2D eigenvalue weighted by Crippen LogP contribution is 2.65. The molecule has 0 unspecified atom stereocenters. The smallest absolute Gasteiger partial charge is 0.408 e. The first-order valence-electron chi connectivity index (χ1n) is 9.53. The van der Waals surface area contributed by atoms with Crippen molar-refractivity contribution < 1.29 is 38.8 Å². The molecule has 0 heterocycles. The van der Waals surface area contributed by atoms with Crippen LogP contribution in [-0.2, 0) is 14.3 Å². The second kappa shape index (κ2) is 8.14. The van der Waals surface area contributed by atoms with Crippen LogP contribution in [0.2, 0.25) is 5.02 Å². The molecule has 2 aliphatic carbocycles. The van der Waals surface area contributed by atoms with Crippen LogP contribution in [0.5, 0.6) is 0 Å². The molecule has 8 nitrogen and oxygen atoms in total. The minimum Gasteiger partial charge on any atom is -0.481 e. The van der Waals surface area contributed by atoms with Gasteiger partial charge in [-0.1, -0.05) is 11.6 Å². The zero-order valence-corrected chi connectivity index (χ0v) is 18.5. The van der Waals surface area contributed by atoms with Gasteiger partial charge in [0.2, 0.25) is 0 Å². The minimum absolute atomic E-state index is 0.0184. The average molecular weight is 476 g/mol. The number of hydrogen-bond donors (Lipinski definition) is 4. The van der Waals surface area contributed by atoms with Gasteiger partial charge in [-0.25, -0.2) is 14.0 Å². The van der Waals surface area contributed by atoms with Crippen molar-refractivity contribution in [3.8, 4) is 0 Å². The lowest BCUT2D eigenvalue weighted by Crippen LogP contribution is -2.63. The highest BCUT2D eigenvalue weighted by molar-refractivity contribution is 7.99. The third-order valence-electron chi connectivity index (χ3n) is 5.66. The van der Waals surface area contributed by atoms with Crippen molar-refractivity contribution in [2.24, 2.45) is 23.7 Å². The van der Waals surface area contributed by atoms with Gasteiger partial charge in [0.1, 0.15) is 11.4 Å². The second-order valence-corrected chi connectivity index (χ2v) is 10.3. The normalized spacial score (nSPS) is 31.6. The third-order valence-corrected chi connectivity index (χ3v) is 7.06. The Bertz CT molecular complexity index is 923. The van der Waals surface area contributed by atoms with Crippen LogP contribution in [0.15, 0.2) is 23.1 Å². The second-order valence-electron chi connectivity index (χ2n) is 8.75. The van der Waals surface area contributed by atoms with Crippen LogP contribution in [0.25, 0.3) is 0 Å². The molecule has 0 spiro atoms. The molecule has 2 saturated carbocycles. The Kier molecular flexibility index (Phi) is 6.20. The van der Waals surface area contributed by atoms with Crippen LogP contribution in [0.4, 0.5) is 9.18 Å². The largest absolute Gasteiger partial charge is 0.481 e. The van der Waals surface area contributed by atoms with Crippen LogP contribution >= 0.6 is 23.4 Å². The lowest BCUT2D eigenvalue weighted by molar-refractivity contribution is -0.150. The SMILES string of the molecule is CC(C)(C)OC(=O)N[C@]1(C(=O)O)[C@@H]2[C@@H](C(=O)O)[C@@H]2[C@H](O)[C@H]1CSc1ccc(F)c(Cl)c1. The van der Waals surface area contributed by atoms with Crippen LogP contribution in [0, 0.1) is 29.5 Å². The predicted molar refractivity (Wildman–Crippen MR) is 109 cm³/mol. The van der Waals surface area contributed by atoms with Crippen molar-refractivity contribution in [3.05, 3.63) is 29.0 Å². The maximum Gasteiger partial charge on any atom is 0.408 e. The zero-order valence-electron chi connectivity index (χ0n) is 17.0. The summed E-state index contributed by atoms with van der Waals surface area (Å²) in [7, 11) is 0. The van der Waals surface area contributed by atoms with Crippen molar-refractivity contribution in [2.45, 2.75) is 42.9 Å². The molecule has 170 valence electrons. The Morgan fingerprint density at radius 2 is 1.94 bits per heavy atom. The molecule has 0 saturated heterocycles. The molecule has 0 bridgehead atoms. The lowest BCUT2D eigenvalue weighted by Gasteiger charge is -2.37. The predicted octanol–water partition coefficient (Wildman–Crippen LogP) is 2.86. The van der Waals surface area contributed by atoms with Crippen LogP contribution in [0.1, 0.15) is 20.8 Å². The number of carbonyl (C=O) groups excluding carboxylic acids is 1. The van der Waals surface area contributed by atoms with E-state index in [4.69, 9.17) is 16.3 Å². The molecule has 1 amide bonds. The maximum atomic E-state index is 13.4. The van der Waals surface area contributed by atoms with Gasteiger partial charge in [0.15, 0.2) is 5.54 Å². The number of aliphatic hydroxyl groups excluding tert-OH is 1. The summed E-state index contributed by atoms with van der Waals surface area (Å²) < 4.78 is 18.6. The number of alkyl carbamates (subject to hydrolysis) is 1. The molecule has 0 radical (unpaired) electrons. The number of carboxylic acid groups (broad SMARTS) is 2. The van der Waals surface area contributed by atoms with Gasteiger partial charge in [0, 0.05) is 28.4 Å². The van der Waals surface area contributed by atoms with Gasteiger partial charge in [-0.15, -0.1) is 11.8 Å². The first kappa shape index (κ1) is 23.6. The van der Waals surface area contributed by atoms with Crippen molar-refractivity contribution in [2.75, 3.05) is 5.75 Å². The van der Waals surface area contributed by atoms with Gasteiger partial charge in [0.05, 0.1) is 17.0 Å². The quantitative estimate of drug-likeness (QED) is 0.461. The van der Waals surface area contributed by atoms with E-state index in [0.717, 1.165) is 17.8 Å². The zero-order chi connectivity index (χ0) is 23.3. The van der Waals surface area contributed by atoms with Gasteiger partial charge >= 0.3 is 18.0 Å². The molecule has 4 N–H and O–H groups in total. The summed E-state index contributed by atoms with van der Waals surface area (Å²) in [6, 6.07) is 3.99. The van der Waals surface area contributed by atoms with E-state index in [-0.39, 0.29) is 10.8 Å². The number of carboxylic acids is 2. The van der Waals surface area contributed by atoms with Crippen LogP contribution in [0.3, 0.4) is 0 Å². The van der Waals surface area contributed by atoms with E-state index in [0.29, 0.717) is 4.90 Å². The Balaban J connectivity index is 1.91. The standard InChI is InChI=1S/C20H23ClFNO7S/c1-19(2,3)30-18(29)23-20(17(27)28)9(15(24)12-13(14(12)20)16(25)26)7-31-8-4-5-11(22)10(21)6-8/h4-6,9,12-15,24H,7H2,1-3H3,(H,23,29)(H,25,26)(H,27,28)/t9-,12+,13+,14+,15-,20+/m1/s1. The number of ether oxygens (including phenoxy) is 1. The van der Waals surface area contributed by atoms with Crippen molar-refractivity contribution in [1.82, 2.24) is 5.32 Å². The van der Waals surface area contributed by atoms with Gasteiger partial charge in [0.25, 0.3) is 0 Å². The number of thioether (sulfide) groups is 1. The molecular weight excluding hydrogens is 453 g/mol. The molecule has 6 atom stereocenters. The summed E-state index contributed by atoms with van der Waals surface area (Å²) >= 11 is 6.91. The average Bonchev–Trinajstić information content (AvgIpc) is 3.32. The number of fused-ring (bicyclic) bond motifs is 1. The van der Waals surface area contributed by atoms with E-state index in [9.17, 15) is 34.1 Å². The van der Waals surface area contributed by atoms with E-state index in [1.807, 2.05) is 0 Å². The number of aliphatic hydroxyl groups is 1. The Morgan fingerprint density at radius 3 is 2.45 bits per heavy atom. The summed E-state index contributed by atoms with van der Waals surface area (Å²) in [5.41, 5.74) is -2.95. The minimum atomic E-state index is -2.04. The topological polar surface area (TPSA) is 133 Å². The van der Waals surface area contributed by atoms with Gasteiger partial charge < -0.3 is 25.4 Å². The first-order valence-corrected chi connectivity index (χ1v) is 10.9. The van der Waals surface area contributed by atoms with Crippen molar-refractivity contribution in [1.29, 1.82) is 0 Å². The number of amides is 1. The van der Waals surface area contributed by atoms with Gasteiger partial charge in [-0.2, -0.15) is 0 Å². The monoisotopic (exact) mass is 475 g/mol. The van der Waals surface area contributed by atoms with E-state index < -0.39 is 64.8 Å². The molecule has 2 fully saturated rings. The van der Waals surface area contributed by atoms with E-state index >= 15 is 0 Å². The van der Waals surface area contributed by atoms with Crippen molar-refractivity contribution >= 4 is 41.4 Å². The molecular formula is C20H23ClFNO7S. The molecule has 3 rings (SSSR count).